The zero-order valence-electron chi connectivity index (χ0n) is 11.2. The van der Waals surface area contributed by atoms with Gasteiger partial charge >= 0.3 is 0 Å². The minimum Gasteiger partial charge on any atom is -0.347 e. The maximum Gasteiger partial charge on any atom is 0.237 e. The van der Waals surface area contributed by atoms with Crippen molar-refractivity contribution in [2.24, 2.45) is 5.92 Å². The van der Waals surface area contributed by atoms with Crippen LogP contribution in [0.25, 0.3) is 0 Å². The Morgan fingerprint density at radius 1 is 1.32 bits per heavy atom. The average molecular weight is 278 g/mol. The Morgan fingerprint density at radius 3 is 2.79 bits per heavy atom. The molecular formula is C15H22N2OS. The Kier molecular flexibility index (Phi) is 4.18. The first-order valence-corrected chi connectivity index (χ1v) is 8.30. The number of carbonyl (C=O) groups excluding carboxylic acids is 1. The van der Waals surface area contributed by atoms with E-state index in [1.807, 2.05) is 0 Å². The molecule has 1 saturated heterocycles. The van der Waals surface area contributed by atoms with Gasteiger partial charge < -0.3 is 10.6 Å². The summed E-state index contributed by atoms with van der Waals surface area (Å²) in [7, 11) is 0. The predicted molar refractivity (Wildman–Crippen MR) is 78.2 cm³/mol. The molecule has 1 aliphatic carbocycles. The summed E-state index contributed by atoms with van der Waals surface area (Å²) in [6.07, 6.45) is 7.22. The van der Waals surface area contributed by atoms with E-state index in [-0.39, 0.29) is 18.0 Å². The SMILES string of the molecule is O=C(NC(c1cccs1)C1CCCC1)[C@@H]1CCCN1. The zero-order chi connectivity index (χ0) is 13.1. The lowest BCUT2D eigenvalue weighted by Crippen LogP contribution is -2.43. The highest BCUT2D eigenvalue weighted by Gasteiger charge is 2.31. The minimum atomic E-state index is 0.0314. The highest BCUT2D eigenvalue weighted by molar-refractivity contribution is 7.10. The molecule has 1 saturated carbocycles. The fourth-order valence-electron chi connectivity index (χ4n) is 3.34. The molecule has 2 aliphatic rings. The van der Waals surface area contributed by atoms with Crippen LogP contribution in [0.5, 0.6) is 0 Å². The van der Waals surface area contributed by atoms with Gasteiger partial charge in [0.05, 0.1) is 12.1 Å². The van der Waals surface area contributed by atoms with Crippen molar-refractivity contribution in [3.63, 3.8) is 0 Å². The van der Waals surface area contributed by atoms with Crippen LogP contribution in [-0.4, -0.2) is 18.5 Å². The summed E-state index contributed by atoms with van der Waals surface area (Å²) in [5, 5.41) is 8.71. The summed E-state index contributed by atoms with van der Waals surface area (Å²) in [5.74, 6) is 0.826. The molecule has 2 fully saturated rings. The number of hydrogen-bond donors (Lipinski definition) is 2. The summed E-state index contributed by atoms with van der Waals surface area (Å²) < 4.78 is 0. The molecule has 2 atom stereocenters. The summed E-state index contributed by atoms with van der Waals surface area (Å²) in [6, 6.07) is 4.51. The quantitative estimate of drug-likeness (QED) is 0.889. The Labute approximate surface area is 118 Å². The number of nitrogens with one attached hydrogen (secondary N) is 2. The van der Waals surface area contributed by atoms with Crippen molar-refractivity contribution in [2.75, 3.05) is 6.54 Å². The summed E-state index contributed by atoms with van der Waals surface area (Å²) in [4.78, 5) is 13.7. The van der Waals surface area contributed by atoms with E-state index in [2.05, 4.69) is 28.1 Å². The Balaban J connectivity index is 1.69. The molecule has 4 heteroatoms. The first-order chi connectivity index (χ1) is 9.34. The van der Waals surface area contributed by atoms with E-state index in [1.165, 1.54) is 30.6 Å². The molecule has 0 spiro atoms. The van der Waals surface area contributed by atoms with Crippen LogP contribution in [0.4, 0.5) is 0 Å². The monoisotopic (exact) mass is 278 g/mol. The van der Waals surface area contributed by atoms with Crippen molar-refractivity contribution < 1.29 is 4.79 Å². The van der Waals surface area contributed by atoms with Gasteiger partial charge in [-0.1, -0.05) is 18.9 Å². The van der Waals surface area contributed by atoms with Gasteiger partial charge in [0.2, 0.25) is 5.91 Å². The van der Waals surface area contributed by atoms with E-state index in [9.17, 15) is 4.79 Å². The molecule has 19 heavy (non-hydrogen) atoms. The van der Waals surface area contributed by atoms with Gasteiger partial charge in [-0.3, -0.25) is 4.79 Å². The molecule has 0 aromatic carbocycles. The Hall–Kier alpha value is -0.870. The van der Waals surface area contributed by atoms with E-state index < -0.39 is 0 Å². The van der Waals surface area contributed by atoms with Crippen LogP contribution in [-0.2, 0) is 4.79 Å². The normalized spacial score (nSPS) is 25.6. The lowest BCUT2D eigenvalue weighted by molar-refractivity contribution is -0.123. The number of hydrogen-bond acceptors (Lipinski definition) is 3. The summed E-state index contributed by atoms with van der Waals surface area (Å²) in [6.45, 7) is 0.977. The van der Waals surface area contributed by atoms with Gasteiger partial charge in [0.15, 0.2) is 0 Å². The third kappa shape index (κ3) is 3.00. The van der Waals surface area contributed by atoms with E-state index >= 15 is 0 Å². The second kappa shape index (κ2) is 6.06. The van der Waals surface area contributed by atoms with Crippen molar-refractivity contribution in [2.45, 2.75) is 50.6 Å². The maximum atomic E-state index is 12.3. The molecule has 0 radical (unpaired) electrons. The van der Waals surface area contributed by atoms with Crippen molar-refractivity contribution in [1.29, 1.82) is 0 Å². The first kappa shape index (κ1) is 13.1. The third-order valence-electron chi connectivity index (χ3n) is 4.40. The Morgan fingerprint density at radius 2 is 2.16 bits per heavy atom. The van der Waals surface area contributed by atoms with Crippen LogP contribution >= 0.6 is 11.3 Å². The van der Waals surface area contributed by atoms with E-state index in [0.717, 1.165) is 19.4 Å². The maximum absolute atomic E-state index is 12.3. The van der Waals surface area contributed by atoms with Gasteiger partial charge in [-0.15, -0.1) is 11.3 Å². The van der Waals surface area contributed by atoms with Crippen molar-refractivity contribution in [3.8, 4) is 0 Å². The molecule has 1 aliphatic heterocycles. The lowest BCUT2D eigenvalue weighted by Gasteiger charge is -2.25. The smallest absolute Gasteiger partial charge is 0.237 e. The van der Waals surface area contributed by atoms with Gasteiger partial charge in [0.1, 0.15) is 0 Å². The number of carbonyl (C=O) groups is 1. The topological polar surface area (TPSA) is 41.1 Å². The van der Waals surface area contributed by atoms with Crippen LogP contribution in [0.2, 0.25) is 0 Å². The molecule has 2 N–H and O–H groups in total. The molecule has 1 amide bonds. The predicted octanol–water partition coefficient (Wildman–Crippen LogP) is 2.85. The largest absolute Gasteiger partial charge is 0.347 e. The van der Waals surface area contributed by atoms with Crippen LogP contribution in [0.1, 0.15) is 49.4 Å². The molecule has 1 aromatic rings. The van der Waals surface area contributed by atoms with Gasteiger partial charge in [-0.2, -0.15) is 0 Å². The van der Waals surface area contributed by atoms with Gasteiger partial charge in [0.25, 0.3) is 0 Å². The number of rotatable bonds is 4. The minimum absolute atomic E-state index is 0.0314. The third-order valence-corrected chi connectivity index (χ3v) is 5.35. The fraction of sp³-hybridized carbons (Fsp3) is 0.667. The van der Waals surface area contributed by atoms with Gasteiger partial charge in [0, 0.05) is 4.88 Å². The van der Waals surface area contributed by atoms with E-state index in [1.54, 1.807) is 11.3 Å². The molecule has 3 rings (SSSR count). The van der Waals surface area contributed by atoms with Crippen molar-refractivity contribution in [3.05, 3.63) is 22.4 Å². The van der Waals surface area contributed by atoms with Crippen LogP contribution in [0.15, 0.2) is 17.5 Å². The van der Waals surface area contributed by atoms with Crippen LogP contribution in [0.3, 0.4) is 0 Å². The zero-order valence-corrected chi connectivity index (χ0v) is 12.0. The highest BCUT2D eigenvalue weighted by atomic mass is 32.1. The molecule has 104 valence electrons. The van der Waals surface area contributed by atoms with Gasteiger partial charge in [-0.25, -0.2) is 0 Å². The lowest BCUT2D eigenvalue weighted by atomic mass is 9.96. The fourth-order valence-corrected chi connectivity index (χ4v) is 4.21. The van der Waals surface area contributed by atoms with Crippen molar-refractivity contribution in [1.82, 2.24) is 10.6 Å². The van der Waals surface area contributed by atoms with Gasteiger partial charge in [-0.05, 0) is 49.6 Å². The highest BCUT2D eigenvalue weighted by Crippen LogP contribution is 2.37. The molecular weight excluding hydrogens is 256 g/mol. The molecule has 1 unspecified atom stereocenters. The number of thiophene rings is 1. The van der Waals surface area contributed by atoms with Crippen molar-refractivity contribution >= 4 is 17.2 Å². The van der Waals surface area contributed by atoms with Crippen LogP contribution < -0.4 is 10.6 Å². The molecule has 2 heterocycles. The molecule has 1 aromatic heterocycles. The van der Waals surface area contributed by atoms with E-state index in [4.69, 9.17) is 0 Å². The molecule has 0 bridgehead atoms. The van der Waals surface area contributed by atoms with Crippen LogP contribution in [0, 0.1) is 5.92 Å². The standard InChI is InChI=1S/C15H22N2OS/c18-15(12-7-3-9-16-12)17-14(11-5-1-2-6-11)13-8-4-10-19-13/h4,8,10-12,14,16H,1-3,5-7,9H2,(H,17,18)/t12-,14?/m0/s1. The Bertz CT molecular complexity index is 406. The summed E-state index contributed by atoms with van der Waals surface area (Å²) >= 11 is 1.77. The number of amides is 1. The first-order valence-electron chi connectivity index (χ1n) is 7.42. The summed E-state index contributed by atoms with van der Waals surface area (Å²) in [5.41, 5.74) is 0. The second-order valence-corrected chi connectivity index (χ2v) is 6.67. The average Bonchev–Trinajstić information content (AvgIpc) is 3.17. The van der Waals surface area contributed by atoms with E-state index in [0.29, 0.717) is 5.92 Å². The molecule has 3 nitrogen and oxygen atoms in total. The second-order valence-electron chi connectivity index (χ2n) is 5.70.